The molecule has 4 heteroatoms. The average Bonchev–Trinajstić information content (AvgIpc) is 2.53. The zero-order valence-corrected chi connectivity index (χ0v) is 14.2. The van der Waals surface area contributed by atoms with Crippen LogP contribution in [0.1, 0.15) is 38.3 Å². The number of nitrogens with zero attached hydrogens (tertiary/aromatic N) is 1. The average molecular weight is 312 g/mol. The van der Waals surface area contributed by atoms with Crippen LogP contribution in [0.25, 0.3) is 0 Å². The maximum Gasteiger partial charge on any atom is 0.242 e. The number of aryl methyl sites for hydroxylation is 2. The highest BCUT2D eigenvalue weighted by molar-refractivity contribution is 6.29. The lowest BCUT2D eigenvalue weighted by Gasteiger charge is -2.33. The number of ether oxygens (including phenoxy) is 1. The van der Waals surface area contributed by atoms with Crippen molar-refractivity contribution in [2.75, 3.05) is 24.5 Å². The van der Waals surface area contributed by atoms with Crippen LogP contribution < -0.4 is 4.90 Å². The Labute approximate surface area is 133 Å². The van der Waals surface area contributed by atoms with E-state index in [0.717, 1.165) is 24.9 Å². The van der Waals surface area contributed by atoms with Gasteiger partial charge in [-0.3, -0.25) is 4.79 Å². The Morgan fingerprint density at radius 2 is 1.81 bits per heavy atom. The van der Waals surface area contributed by atoms with Crippen molar-refractivity contribution in [3.8, 4) is 0 Å². The molecule has 1 aromatic rings. The van der Waals surface area contributed by atoms with Crippen LogP contribution in [0.15, 0.2) is 18.2 Å². The first kappa shape index (κ1) is 18.0. The van der Waals surface area contributed by atoms with Crippen molar-refractivity contribution in [3.05, 3.63) is 29.3 Å². The minimum atomic E-state index is -0.0591. The summed E-state index contributed by atoms with van der Waals surface area (Å²) in [4.78, 5) is 14.3. The van der Waals surface area contributed by atoms with E-state index in [2.05, 4.69) is 39.0 Å². The Bertz CT molecular complexity index is 440. The Hall–Kier alpha value is -1.06. The number of anilines is 1. The lowest BCUT2D eigenvalue weighted by atomic mass is 10.00. The van der Waals surface area contributed by atoms with Crippen LogP contribution in [0.3, 0.4) is 0 Å². The van der Waals surface area contributed by atoms with Crippen LogP contribution in [-0.4, -0.2) is 31.5 Å². The summed E-state index contributed by atoms with van der Waals surface area (Å²) in [6, 6.07) is 6.24. The van der Waals surface area contributed by atoms with E-state index in [0.29, 0.717) is 6.61 Å². The van der Waals surface area contributed by atoms with Gasteiger partial charge in [0.2, 0.25) is 5.91 Å². The lowest BCUT2D eigenvalue weighted by molar-refractivity contribution is -0.117. The molecule has 0 heterocycles. The van der Waals surface area contributed by atoms with Crippen molar-refractivity contribution in [1.29, 1.82) is 0 Å². The number of benzene rings is 1. The highest BCUT2D eigenvalue weighted by atomic mass is 35.5. The summed E-state index contributed by atoms with van der Waals surface area (Å²) >= 11 is 5.86. The van der Waals surface area contributed by atoms with E-state index >= 15 is 0 Å². The van der Waals surface area contributed by atoms with Gasteiger partial charge in [-0.15, -0.1) is 11.6 Å². The molecule has 0 saturated carbocycles. The van der Waals surface area contributed by atoms with E-state index in [1.165, 1.54) is 11.1 Å². The van der Waals surface area contributed by atoms with Crippen molar-refractivity contribution in [1.82, 2.24) is 0 Å². The number of halogens is 1. The second-order valence-electron chi connectivity index (χ2n) is 5.05. The molecule has 0 radical (unpaired) electrons. The molecule has 1 unspecified atom stereocenters. The van der Waals surface area contributed by atoms with Crippen LogP contribution in [-0.2, 0) is 22.4 Å². The van der Waals surface area contributed by atoms with Crippen molar-refractivity contribution in [2.24, 2.45) is 0 Å². The molecular formula is C17H26ClNO2. The fourth-order valence-corrected chi connectivity index (χ4v) is 2.80. The summed E-state index contributed by atoms with van der Waals surface area (Å²) in [6.45, 7) is 6.80. The number of alkyl halides is 1. The van der Waals surface area contributed by atoms with Gasteiger partial charge in [0.05, 0.1) is 18.3 Å². The summed E-state index contributed by atoms with van der Waals surface area (Å²) in [6.07, 6.45) is 2.61. The van der Waals surface area contributed by atoms with Gasteiger partial charge in [0.15, 0.2) is 0 Å². The third-order valence-corrected chi connectivity index (χ3v) is 4.01. The summed E-state index contributed by atoms with van der Waals surface area (Å²) in [5.41, 5.74) is 3.39. The maximum atomic E-state index is 12.5. The first-order chi connectivity index (χ1) is 10.1. The number of carbonyl (C=O) groups is 1. The highest BCUT2D eigenvalue weighted by Crippen LogP contribution is 2.30. The zero-order chi connectivity index (χ0) is 15.8. The summed E-state index contributed by atoms with van der Waals surface area (Å²) < 4.78 is 5.30. The molecular weight excluding hydrogens is 286 g/mol. The fraction of sp³-hybridized carbons (Fsp3) is 0.588. The largest absolute Gasteiger partial charge is 0.383 e. The number of hydrogen-bond donors (Lipinski definition) is 0. The number of methoxy groups -OCH3 is 1. The Morgan fingerprint density at radius 1 is 1.24 bits per heavy atom. The summed E-state index contributed by atoms with van der Waals surface area (Å²) in [5, 5.41) is 0. The minimum Gasteiger partial charge on any atom is -0.383 e. The van der Waals surface area contributed by atoms with Crippen LogP contribution in [0, 0.1) is 0 Å². The molecule has 3 nitrogen and oxygen atoms in total. The number of para-hydroxylation sites is 1. The third-order valence-electron chi connectivity index (χ3n) is 3.78. The fourth-order valence-electron chi connectivity index (χ4n) is 2.67. The SMILES string of the molecule is CCc1cccc(CC)c1N(C(=O)CCl)C(CC)COC. The highest BCUT2D eigenvalue weighted by Gasteiger charge is 2.26. The van der Waals surface area contributed by atoms with Gasteiger partial charge in [-0.2, -0.15) is 0 Å². The van der Waals surface area contributed by atoms with E-state index in [4.69, 9.17) is 16.3 Å². The van der Waals surface area contributed by atoms with Crippen LogP contribution in [0.5, 0.6) is 0 Å². The normalized spacial score (nSPS) is 12.2. The molecule has 118 valence electrons. The third kappa shape index (κ3) is 4.21. The minimum absolute atomic E-state index is 0.0125. The van der Waals surface area contributed by atoms with Gasteiger partial charge in [-0.05, 0) is 30.4 Å². The summed E-state index contributed by atoms with van der Waals surface area (Å²) in [7, 11) is 1.67. The van der Waals surface area contributed by atoms with Gasteiger partial charge >= 0.3 is 0 Å². The van der Waals surface area contributed by atoms with Crippen molar-refractivity contribution in [2.45, 2.75) is 46.1 Å². The van der Waals surface area contributed by atoms with Gasteiger partial charge in [0.1, 0.15) is 5.88 Å². The zero-order valence-electron chi connectivity index (χ0n) is 13.5. The predicted molar refractivity (Wildman–Crippen MR) is 89.4 cm³/mol. The van der Waals surface area contributed by atoms with Crippen molar-refractivity contribution < 1.29 is 9.53 Å². The van der Waals surface area contributed by atoms with Crippen molar-refractivity contribution >= 4 is 23.2 Å². The van der Waals surface area contributed by atoms with E-state index in [1.807, 2.05) is 4.90 Å². The van der Waals surface area contributed by atoms with Crippen molar-refractivity contribution in [3.63, 3.8) is 0 Å². The Kier molecular flexibility index (Phi) is 7.76. The van der Waals surface area contributed by atoms with E-state index in [9.17, 15) is 4.79 Å². The molecule has 21 heavy (non-hydrogen) atoms. The molecule has 1 atom stereocenters. The molecule has 1 aromatic carbocycles. The molecule has 1 rings (SSSR count). The van der Waals surface area contributed by atoms with Gasteiger partial charge in [0, 0.05) is 7.11 Å². The maximum absolute atomic E-state index is 12.5. The number of carbonyl (C=O) groups excluding carboxylic acids is 1. The standard InChI is InChI=1S/C17H26ClNO2/c1-5-13-9-8-10-14(6-2)17(13)19(16(20)11-18)15(7-3)12-21-4/h8-10,15H,5-7,11-12H2,1-4H3. The topological polar surface area (TPSA) is 29.5 Å². The first-order valence-corrected chi connectivity index (χ1v) is 8.15. The summed E-state index contributed by atoms with van der Waals surface area (Å²) in [5.74, 6) is -0.0716. The number of hydrogen-bond acceptors (Lipinski definition) is 2. The molecule has 0 aliphatic heterocycles. The second-order valence-corrected chi connectivity index (χ2v) is 5.31. The number of amides is 1. The van der Waals surface area contributed by atoms with Gasteiger partial charge in [-0.25, -0.2) is 0 Å². The van der Waals surface area contributed by atoms with E-state index in [1.54, 1.807) is 7.11 Å². The van der Waals surface area contributed by atoms with Gasteiger partial charge in [-0.1, -0.05) is 39.0 Å². The molecule has 1 amide bonds. The Balaban J connectivity index is 3.41. The molecule has 0 saturated heterocycles. The van der Waals surface area contributed by atoms with E-state index < -0.39 is 0 Å². The smallest absolute Gasteiger partial charge is 0.242 e. The molecule has 0 aromatic heterocycles. The Morgan fingerprint density at radius 3 is 2.19 bits per heavy atom. The first-order valence-electron chi connectivity index (χ1n) is 7.62. The molecule has 0 aliphatic carbocycles. The van der Waals surface area contributed by atoms with Gasteiger partial charge in [0.25, 0.3) is 0 Å². The monoisotopic (exact) mass is 311 g/mol. The molecule has 0 fully saturated rings. The van der Waals surface area contributed by atoms with Crippen LogP contribution in [0.2, 0.25) is 0 Å². The van der Waals surface area contributed by atoms with Crippen LogP contribution in [0.4, 0.5) is 5.69 Å². The van der Waals surface area contributed by atoms with E-state index in [-0.39, 0.29) is 17.8 Å². The van der Waals surface area contributed by atoms with Crippen LogP contribution >= 0.6 is 11.6 Å². The molecule has 0 aliphatic rings. The second kappa shape index (κ2) is 9.06. The molecule has 0 N–H and O–H groups in total. The molecule has 0 spiro atoms. The quantitative estimate of drug-likeness (QED) is 0.683. The lowest BCUT2D eigenvalue weighted by Crippen LogP contribution is -2.44. The van der Waals surface area contributed by atoms with Gasteiger partial charge < -0.3 is 9.64 Å². The predicted octanol–water partition coefficient (Wildman–Crippen LogP) is 3.81. The molecule has 0 bridgehead atoms. The number of rotatable bonds is 8.